The Bertz CT molecular complexity index is 756. The minimum atomic E-state index is -0.897. The van der Waals surface area contributed by atoms with Crippen LogP contribution in [0.4, 0.5) is 0 Å². The Morgan fingerprint density at radius 2 is 1.38 bits per heavy atom. The summed E-state index contributed by atoms with van der Waals surface area (Å²) in [6.07, 6.45) is 4.42. The topological polar surface area (TPSA) is 20.2 Å². The van der Waals surface area contributed by atoms with E-state index in [1.165, 1.54) is 0 Å². The second kappa shape index (κ2) is 10.00. The van der Waals surface area contributed by atoms with Crippen molar-refractivity contribution in [1.82, 2.24) is 0 Å². The number of aliphatic hydroxyl groups is 1. The van der Waals surface area contributed by atoms with Crippen LogP contribution in [0.5, 0.6) is 0 Å². The first-order valence-corrected chi connectivity index (χ1v) is 9.73. The summed E-state index contributed by atoms with van der Waals surface area (Å²) >= 11 is 0. The molecule has 0 aliphatic rings. The third-order valence-corrected chi connectivity index (χ3v) is 4.88. The van der Waals surface area contributed by atoms with Crippen LogP contribution in [0.1, 0.15) is 64.0 Å². The third-order valence-electron chi connectivity index (χ3n) is 4.88. The Morgan fingerprint density at radius 3 is 1.88 bits per heavy atom. The fourth-order valence-electron chi connectivity index (χ4n) is 3.15. The molecule has 0 fully saturated rings. The molecule has 0 radical (unpaired) electrons. The summed E-state index contributed by atoms with van der Waals surface area (Å²) in [6, 6.07) is 20.4. The van der Waals surface area contributed by atoms with Crippen molar-refractivity contribution in [2.45, 2.75) is 58.5 Å². The highest BCUT2D eigenvalue weighted by Crippen LogP contribution is 2.38. The van der Waals surface area contributed by atoms with Gasteiger partial charge in [-0.1, -0.05) is 99.7 Å². The zero-order chi connectivity index (χ0) is 18.8. The zero-order valence-electron chi connectivity index (χ0n) is 16.3. The van der Waals surface area contributed by atoms with Gasteiger partial charge in [0.25, 0.3) is 0 Å². The maximum absolute atomic E-state index is 11.5. The molecule has 1 heteroatoms. The van der Waals surface area contributed by atoms with Gasteiger partial charge in [0, 0.05) is 17.6 Å². The van der Waals surface area contributed by atoms with Crippen molar-refractivity contribution in [2.24, 2.45) is 0 Å². The summed E-state index contributed by atoms with van der Waals surface area (Å²) in [6.45, 7) is 6.26. The number of hydrogen-bond donors (Lipinski definition) is 1. The highest BCUT2D eigenvalue weighted by Gasteiger charge is 2.31. The van der Waals surface area contributed by atoms with Crippen molar-refractivity contribution >= 4 is 11.1 Å². The molecule has 0 unspecified atom stereocenters. The summed E-state index contributed by atoms with van der Waals surface area (Å²) < 4.78 is 0. The molecule has 2 aromatic carbocycles. The highest BCUT2D eigenvalue weighted by molar-refractivity contribution is 6.01. The Balaban J connectivity index is 2.74. The number of hydrogen-bond acceptors (Lipinski definition) is 1. The molecule has 0 aliphatic heterocycles. The predicted octanol–water partition coefficient (Wildman–Crippen LogP) is 6.34. The second-order valence-electron chi connectivity index (χ2n) is 6.63. The van der Waals surface area contributed by atoms with Crippen LogP contribution in [-0.4, -0.2) is 10.7 Å². The predicted molar refractivity (Wildman–Crippen MR) is 113 cm³/mol. The van der Waals surface area contributed by atoms with Crippen LogP contribution in [0.15, 0.2) is 60.7 Å². The number of allylic oxidation sites excluding steroid dienone is 1. The lowest BCUT2D eigenvalue weighted by Crippen LogP contribution is -2.29. The molecule has 1 N–H and O–H groups in total. The average Bonchev–Trinajstić information content (AvgIpc) is 2.71. The van der Waals surface area contributed by atoms with Crippen LogP contribution in [0, 0.1) is 11.8 Å². The maximum Gasteiger partial charge on any atom is 0.0909 e. The molecule has 0 heterocycles. The van der Waals surface area contributed by atoms with Crippen LogP contribution in [0.2, 0.25) is 0 Å². The molecule has 0 spiro atoms. The van der Waals surface area contributed by atoms with Gasteiger partial charge >= 0.3 is 0 Å². The van der Waals surface area contributed by atoms with Gasteiger partial charge in [0.05, 0.1) is 5.60 Å². The van der Waals surface area contributed by atoms with Gasteiger partial charge in [-0.15, -0.1) is 0 Å². The largest absolute Gasteiger partial charge is 0.385 e. The van der Waals surface area contributed by atoms with Crippen molar-refractivity contribution < 1.29 is 5.11 Å². The Kier molecular flexibility index (Phi) is 7.70. The SMILES string of the molecule is CCCCC#C/C(=C(/c1ccccc1)C(O)(CC)CC)c1ccccc1. The first kappa shape index (κ1) is 20.0. The van der Waals surface area contributed by atoms with E-state index < -0.39 is 5.60 Å². The van der Waals surface area contributed by atoms with E-state index >= 15 is 0 Å². The zero-order valence-corrected chi connectivity index (χ0v) is 16.3. The molecule has 0 amide bonds. The van der Waals surface area contributed by atoms with Crippen molar-refractivity contribution in [1.29, 1.82) is 0 Å². The Labute approximate surface area is 158 Å². The Morgan fingerprint density at radius 1 is 0.846 bits per heavy atom. The maximum atomic E-state index is 11.5. The quantitative estimate of drug-likeness (QED) is 0.352. The molecular weight excluding hydrogens is 316 g/mol. The first-order valence-electron chi connectivity index (χ1n) is 9.73. The van der Waals surface area contributed by atoms with Crippen LogP contribution in [0.3, 0.4) is 0 Å². The van der Waals surface area contributed by atoms with Crippen LogP contribution < -0.4 is 0 Å². The fourth-order valence-corrected chi connectivity index (χ4v) is 3.15. The summed E-state index contributed by atoms with van der Waals surface area (Å²) in [4.78, 5) is 0. The normalized spacial score (nSPS) is 12.2. The van der Waals surface area contributed by atoms with Gasteiger partial charge in [0.1, 0.15) is 0 Å². The molecule has 0 atom stereocenters. The molecule has 136 valence electrons. The molecule has 0 bridgehead atoms. The van der Waals surface area contributed by atoms with Gasteiger partial charge < -0.3 is 5.11 Å². The van der Waals surface area contributed by atoms with Gasteiger partial charge in [-0.2, -0.15) is 0 Å². The van der Waals surface area contributed by atoms with Crippen molar-refractivity contribution in [3.8, 4) is 11.8 Å². The molecule has 2 rings (SSSR count). The van der Waals surface area contributed by atoms with Crippen LogP contribution >= 0.6 is 0 Å². The fraction of sp³-hybridized carbons (Fsp3) is 0.360. The summed E-state index contributed by atoms with van der Waals surface area (Å²) in [5, 5.41) is 11.5. The van der Waals surface area contributed by atoms with E-state index in [4.69, 9.17) is 0 Å². The van der Waals surface area contributed by atoms with Crippen molar-refractivity contribution in [3.05, 3.63) is 71.8 Å². The summed E-state index contributed by atoms with van der Waals surface area (Å²) in [7, 11) is 0. The first-order chi connectivity index (χ1) is 12.7. The van der Waals surface area contributed by atoms with Gasteiger partial charge in [0.15, 0.2) is 0 Å². The van der Waals surface area contributed by atoms with E-state index in [0.29, 0.717) is 12.8 Å². The molecular formula is C25H30O. The molecule has 0 aromatic heterocycles. The highest BCUT2D eigenvalue weighted by atomic mass is 16.3. The van der Waals surface area contributed by atoms with Gasteiger partial charge in [0.2, 0.25) is 0 Å². The van der Waals surface area contributed by atoms with E-state index in [2.05, 4.69) is 43.0 Å². The molecule has 26 heavy (non-hydrogen) atoms. The lowest BCUT2D eigenvalue weighted by molar-refractivity contribution is 0.0939. The lowest BCUT2D eigenvalue weighted by Gasteiger charge is -2.31. The van der Waals surface area contributed by atoms with E-state index in [9.17, 15) is 5.11 Å². The lowest BCUT2D eigenvalue weighted by atomic mass is 9.79. The Hall–Kier alpha value is -2.30. The van der Waals surface area contributed by atoms with E-state index in [1.807, 2.05) is 50.2 Å². The molecule has 0 aliphatic carbocycles. The minimum Gasteiger partial charge on any atom is -0.385 e. The average molecular weight is 347 g/mol. The van der Waals surface area contributed by atoms with Crippen LogP contribution in [0.25, 0.3) is 11.1 Å². The number of benzene rings is 2. The van der Waals surface area contributed by atoms with Crippen molar-refractivity contribution in [3.63, 3.8) is 0 Å². The van der Waals surface area contributed by atoms with Gasteiger partial charge in [-0.25, -0.2) is 0 Å². The van der Waals surface area contributed by atoms with Gasteiger partial charge in [-0.05, 0) is 30.4 Å². The summed E-state index contributed by atoms with van der Waals surface area (Å²) in [5.41, 5.74) is 3.10. The van der Waals surface area contributed by atoms with E-state index in [1.54, 1.807) is 0 Å². The third kappa shape index (κ3) is 4.87. The minimum absolute atomic E-state index is 0.653. The number of unbranched alkanes of at least 4 members (excludes halogenated alkanes) is 2. The van der Waals surface area contributed by atoms with Gasteiger partial charge in [-0.3, -0.25) is 0 Å². The molecule has 2 aromatic rings. The molecule has 1 nitrogen and oxygen atoms in total. The smallest absolute Gasteiger partial charge is 0.0909 e. The molecule has 0 saturated heterocycles. The summed E-state index contributed by atoms with van der Waals surface area (Å²) in [5.74, 6) is 6.75. The standard InChI is InChI=1S/C25H30O/c1-4-7-8-15-20-23(21-16-11-9-12-17-21)24(25(26,5-2)6-3)22-18-13-10-14-19-22/h9-14,16-19,26H,4-8H2,1-3H3/b24-23+. The monoisotopic (exact) mass is 346 g/mol. The van der Waals surface area contributed by atoms with Crippen molar-refractivity contribution in [2.75, 3.05) is 0 Å². The van der Waals surface area contributed by atoms with Crippen LogP contribution in [-0.2, 0) is 0 Å². The second-order valence-corrected chi connectivity index (χ2v) is 6.63. The number of rotatable bonds is 7. The van der Waals surface area contributed by atoms with E-state index in [0.717, 1.165) is 41.5 Å². The molecule has 0 saturated carbocycles. The van der Waals surface area contributed by atoms with E-state index in [-0.39, 0.29) is 0 Å².